The molecule has 1 N–H and O–H groups in total. The fraction of sp³-hybridized carbons (Fsp3) is 0.391. The molecular weight excluding hydrogens is 409 g/mol. The monoisotopic (exact) mass is 432 g/mol. The summed E-state index contributed by atoms with van der Waals surface area (Å²) in [5.74, 6) is -0.382. The maximum atomic E-state index is 12.8. The average Bonchev–Trinajstić information content (AvgIpc) is 2.69. The summed E-state index contributed by atoms with van der Waals surface area (Å²) in [4.78, 5) is 16.8. The summed E-state index contributed by atoms with van der Waals surface area (Å²) < 4.78 is 44.2. The van der Waals surface area contributed by atoms with E-state index in [1.54, 1.807) is 0 Å². The molecule has 5 nitrogen and oxygen atoms in total. The Labute approximate surface area is 178 Å². The van der Waals surface area contributed by atoms with Crippen molar-refractivity contribution in [2.24, 2.45) is 5.92 Å². The van der Waals surface area contributed by atoms with Gasteiger partial charge in [-0.2, -0.15) is 13.2 Å². The van der Waals surface area contributed by atoms with E-state index in [9.17, 15) is 18.0 Å². The second-order valence-electron chi connectivity index (χ2n) is 8.15. The summed E-state index contributed by atoms with van der Waals surface area (Å²) in [6.07, 6.45) is -0.510. The fourth-order valence-corrected chi connectivity index (χ4v) is 4.11. The highest BCUT2D eigenvalue weighted by atomic mass is 19.4. The maximum Gasteiger partial charge on any atom is 0.417 e. The Bertz CT molecular complexity index is 1030. The molecule has 0 atom stereocenters. The number of aryl methyl sites for hydroxylation is 1. The molecule has 2 heterocycles. The van der Waals surface area contributed by atoms with E-state index < -0.39 is 17.7 Å². The van der Waals surface area contributed by atoms with Crippen LogP contribution in [-0.2, 0) is 24.0 Å². The second kappa shape index (κ2) is 8.34. The van der Waals surface area contributed by atoms with E-state index in [0.29, 0.717) is 24.4 Å². The molecule has 2 aliphatic rings. The number of pyridine rings is 1. The first kappa shape index (κ1) is 21.4. The largest absolute Gasteiger partial charge is 0.489 e. The number of aliphatic carboxylic acids is 1. The molecule has 31 heavy (non-hydrogen) atoms. The van der Waals surface area contributed by atoms with Crippen LogP contribution in [0.2, 0.25) is 0 Å². The van der Waals surface area contributed by atoms with E-state index in [0.717, 1.165) is 42.8 Å². The van der Waals surface area contributed by atoms with Crippen molar-refractivity contribution in [1.82, 2.24) is 9.88 Å². The van der Waals surface area contributed by atoms with Gasteiger partial charge in [-0.05, 0) is 54.7 Å². The van der Waals surface area contributed by atoms with Crippen molar-refractivity contribution in [3.8, 4) is 5.75 Å². The number of hydrogen-bond donors (Lipinski definition) is 1. The van der Waals surface area contributed by atoms with Crippen molar-refractivity contribution < 1.29 is 27.8 Å². The Morgan fingerprint density at radius 1 is 1.23 bits per heavy atom. The number of carboxylic acid groups (broad SMARTS) is 1. The van der Waals surface area contributed by atoms with Gasteiger partial charge < -0.3 is 9.84 Å². The third kappa shape index (κ3) is 4.74. The number of rotatable bonds is 6. The van der Waals surface area contributed by atoms with E-state index in [1.807, 2.05) is 18.2 Å². The molecule has 1 saturated heterocycles. The third-order valence-electron chi connectivity index (χ3n) is 5.96. The Kier molecular flexibility index (Phi) is 5.75. The summed E-state index contributed by atoms with van der Waals surface area (Å²) >= 11 is 0. The SMILES string of the molecule is CC1=C(CN2CC(C(=O)O)C2)CCc2cc(OCc3cncc(C(F)(F)F)c3)ccc21. The molecule has 4 rings (SSSR count). The number of carbonyl (C=O) groups is 1. The summed E-state index contributed by atoms with van der Waals surface area (Å²) in [6.45, 7) is 4.06. The van der Waals surface area contributed by atoms with Crippen LogP contribution in [0.25, 0.3) is 5.57 Å². The molecule has 2 aromatic rings. The van der Waals surface area contributed by atoms with Crippen LogP contribution < -0.4 is 4.74 Å². The van der Waals surface area contributed by atoms with Gasteiger partial charge in [0.1, 0.15) is 12.4 Å². The highest BCUT2D eigenvalue weighted by molar-refractivity contribution is 5.73. The zero-order valence-corrected chi connectivity index (χ0v) is 17.1. The Balaban J connectivity index is 1.41. The number of aromatic nitrogens is 1. The first-order chi connectivity index (χ1) is 14.7. The van der Waals surface area contributed by atoms with Gasteiger partial charge in [0.2, 0.25) is 0 Å². The molecule has 1 fully saturated rings. The smallest absolute Gasteiger partial charge is 0.417 e. The highest BCUT2D eigenvalue weighted by Gasteiger charge is 2.33. The van der Waals surface area contributed by atoms with Crippen LogP contribution in [0, 0.1) is 5.92 Å². The molecule has 0 radical (unpaired) electrons. The lowest BCUT2D eigenvalue weighted by molar-refractivity contribution is -0.147. The molecule has 1 aromatic heterocycles. The molecule has 0 saturated carbocycles. The zero-order valence-electron chi connectivity index (χ0n) is 17.1. The molecule has 0 bridgehead atoms. The summed E-state index contributed by atoms with van der Waals surface area (Å²) in [7, 11) is 0. The minimum atomic E-state index is -4.43. The minimum absolute atomic E-state index is 0.00941. The molecule has 0 spiro atoms. The Hall–Kier alpha value is -2.87. The van der Waals surface area contributed by atoms with Gasteiger partial charge in [-0.1, -0.05) is 11.6 Å². The maximum absolute atomic E-state index is 12.8. The first-order valence-corrected chi connectivity index (χ1v) is 10.1. The van der Waals surface area contributed by atoms with Crippen molar-refractivity contribution in [3.63, 3.8) is 0 Å². The van der Waals surface area contributed by atoms with Gasteiger partial charge in [-0.15, -0.1) is 0 Å². The predicted octanol–water partition coefficient (Wildman–Crippen LogP) is 4.42. The number of carboxylic acids is 1. The van der Waals surface area contributed by atoms with E-state index in [-0.39, 0.29) is 12.5 Å². The van der Waals surface area contributed by atoms with Gasteiger partial charge in [0, 0.05) is 37.6 Å². The molecular formula is C23H23F3N2O3. The highest BCUT2D eigenvalue weighted by Crippen LogP contribution is 2.35. The van der Waals surface area contributed by atoms with Crippen molar-refractivity contribution >= 4 is 11.5 Å². The summed E-state index contributed by atoms with van der Waals surface area (Å²) in [6, 6.07) is 6.81. The normalized spacial score (nSPS) is 17.3. The van der Waals surface area contributed by atoms with Gasteiger partial charge in [-0.3, -0.25) is 14.7 Å². The van der Waals surface area contributed by atoms with Crippen molar-refractivity contribution in [2.45, 2.75) is 32.5 Å². The van der Waals surface area contributed by atoms with E-state index in [4.69, 9.17) is 9.84 Å². The molecule has 0 unspecified atom stereocenters. The zero-order chi connectivity index (χ0) is 22.2. The molecule has 0 amide bonds. The number of ether oxygens (including phenoxy) is 1. The van der Waals surface area contributed by atoms with Crippen LogP contribution in [0.1, 0.15) is 35.6 Å². The number of hydrogen-bond acceptors (Lipinski definition) is 4. The van der Waals surface area contributed by atoms with Crippen LogP contribution >= 0.6 is 0 Å². The van der Waals surface area contributed by atoms with Crippen LogP contribution in [0.3, 0.4) is 0 Å². The van der Waals surface area contributed by atoms with Gasteiger partial charge in [0.05, 0.1) is 11.5 Å². The minimum Gasteiger partial charge on any atom is -0.489 e. The molecule has 164 valence electrons. The van der Waals surface area contributed by atoms with E-state index >= 15 is 0 Å². The van der Waals surface area contributed by atoms with Crippen molar-refractivity contribution in [1.29, 1.82) is 0 Å². The molecule has 1 aromatic carbocycles. The molecule has 1 aliphatic heterocycles. The number of likely N-dealkylation sites (tertiary alicyclic amines) is 1. The first-order valence-electron chi connectivity index (χ1n) is 10.1. The van der Waals surface area contributed by atoms with E-state index in [1.165, 1.54) is 17.3 Å². The van der Waals surface area contributed by atoms with Crippen molar-refractivity contribution in [3.05, 3.63) is 64.5 Å². The Morgan fingerprint density at radius 3 is 2.71 bits per heavy atom. The van der Waals surface area contributed by atoms with Crippen molar-refractivity contribution in [2.75, 3.05) is 19.6 Å². The van der Waals surface area contributed by atoms with Crippen LogP contribution in [-0.4, -0.2) is 40.6 Å². The lowest BCUT2D eigenvalue weighted by Gasteiger charge is -2.38. The average molecular weight is 432 g/mol. The van der Waals surface area contributed by atoms with Crippen LogP contribution in [0.4, 0.5) is 13.2 Å². The second-order valence-corrected chi connectivity index (χ2v) is 8.15. The van der Waals surface area contributed by atoms with E-state index in [2.05, 4.69) is 16.8 Å². The lowest BCUT2D eigenvalue weighted by Crippen LogP contribution is -2.50. The van der Waals surface area contributed by atoms with Gasteiger partial charge in [0.15, 0.2) is 0 Å². The topological polar surface area (TPSA) is 62.7 Å². The lowest BCUT2D eigenvalue weighted by atomic mass is 9.85. The number of allylic oxidation sites excluding steroid dienone is 1. The quantitative estimate of drug-likeness (QED) is 0.733. The number of benzene rings is 1. The number of halogens is 3. The standard InChI is InChI=1S/C23H23F3N2O3/c1-14-17(10-28-11-18(12-28)22(29)30)3-2-16-7-20(4-5-21(14)16)31-13-15-6-19(9-27-8-15)23(24,25)26/h4-9,18H,2-3,10-13H2,1H3,(H,29,30). The summed E-state index contributed by atoms with van der Waals surface area (Å²) in [5, 5.41) is 9.03. The number of alkyl halides is 3. The van der Waals surface area contributed by atoms with Crippen LogP contribution in [0.5, 0.6) is 5.75 Å². The molecule has 8 heteroatoms. The Morgan fingerprint density at radius 2 is 2.00 bits per heavy atom. The summed E-state index contributed by atoms with van der Waals surface area (Å²) in [5.41, 5.74) is 4.38. The third-order valence-corrected chi connectivity index (χ3v) is 5.96. The van der Waals surface area contributed by atoms with Gasteiger partial charge >= 0.3 is 12.1 Å². The molecule has 1 aliphatic carbocycles. The van der Waals surface area contributed by atoms with Crippen LogP contribution in [0.15, 0.2) is 42.2 Å². The predicted molar refractivity (Wildman–Crippen MR) is 108 cm³/mol. The number of nitrogens with zero attached hydrogens (tertiary/aromatic N) is 2. The van der Waals surface area contributed by atoms with Gasteiger partial charge in [0.25, 0.3) is 0 Å². The number of fused-ring (bicyclic) bond motifs is 1. The van der Waals surface area contributed by atoms with Gasteiger partial charge in [-0.25, -0.2) is 0 Å². The fourth-order valence-electron chi connectivity index (χ4n) is 4.11.